The highest BCUT2D eigenvalue weighted by molar-refractivity contribution is 7.92. The average molecular weight is 375 g/mol. The first-order valence-corrected chi connectivity index (χ1v) is 10.4. The van der Waals surface area contributed by atoms with Crippen LogP contribution in [-0.4, -0.2) is 27.1 Å². The van der Waals surface area contributed by atoms with Gasteiger partial charge in [0.1, 0.15) is 6.54 Å². The minimum absolute atomic E-state index is 0.247. The molecule has 26 heavy (non-hydrogen) atoms. The number of amides is 1. The number of carbonyl (C=O) groups is 1. The van der Waals surface area contributed by atoms with Gasteiger partial charge in [-0.3, -0.25) is 9.10 Å². The molecule has 0 spiro atoms. The van der Waals surface area contributed by atoms with Crippen LogP contribution < -0.4 is 9.62 Å². The van der Waals surface area contributed by atoms with Gasteiger partial charge < -0.3 is 5.32 Å². The maximum Gasteiger partial charge on any atom is 0.245 e. The maximum atomic E-state index is 12.6. The Bertz CT molecular complexity index is 905. The van der Waals surface area contributed by atoms with E-state index >= 15 is 0 Å². The molecule has 0 aromatic heterocycles. The van der Waals surface area contributed by atoms with Crippen LogP contribution in [0, 0.1) is 13.8 Å². The molecular weight excluding hydrogens is 348 g/mol. The van der Waals surface area contributed by atoms with E-state index in [1.54, 1.807) is 12.1 Å². The van der Waals surface area contributed by atoms with Gasteiger partial charge in [0.2, 0.25) is 15.9 Å². The van der Waals surface area contributed by atoms with Crippen molar-refractivity contribution in [1.82, 2.24) is 0 Å². The van der Waals surface area contributed by atoms with E-state index in [9.17, 15) is 13.2 Å². The zero-order chi connectivity index (χ0) is 19.5. The molecule has 5 nitrogen and oxygen atoms in total. The number of anilines is 2. The van der Waals surface area contributed by atoms with Crippen LogP contribution in [-0.2, 0) is 14.8 Å². The minimum Gasteiger partial charge on any atom is -0.324 e. The normalized spacial score (nSPS) is 11.5. The molecule has 0 aliphatic rings. The second-order valence-electron chi connectivity index (χ2n) is 6.83. The Morgan fingerprint density at radius 2 is 1.73 bits per heavy atom. The molecule has 1 N–H and O–H groups in total. The molecule has 0 radical (unpaired) electrons. The lowest BCUT2D eigenvalue weighted by Gasteiger charge is -2.23. The molecule has 0 unspecified atom stereocenters. The largest absolute Gasteiger partial charge is 0.324 e. The summed E-state index contributed by atoms with van der Waals surface area (Å²) in [6.45, 7) is 7.69. The highest BCUT2D eigenvalue weighted by Gasteiger charge is 2.22. The first-order valence-electron chi connectivity index (χ1n) is 8.53. The Morgan fingerprint density at radius 3 is 2.31 bits per heavy atom. The van der Waals surface area contributed by atoms with Gasteiger partial charge in [-0.15, -0.1) is 0 Å². The van der Waals surface area contributed by atoms with Gasteiger partial charge in [0, 0.05) is 5.69 Å². The zero-order valence-corrected chi connectivity index (χ0v) is 16.7. The summed E-state index contributed by atoms with van der Waals surface area (Å²) in [5, 5.41) is 2.85. The van der Waals surface area contributed by atoms with Crippen molar-refractivity contribution in [3.05, 3.63) is 59.2 Å². The second-order valence-corrected chi connectivity index (χ2v) is 8.74. The predicted octanol–water partition coefficient (Wildman–Crippen LogP) is 3.83. The molecule has 2 aromatic rings. The third-order valence-corrected chi connectivity index (χ3v) is 5.46. The number of aryl methyl sites for hydroxylation is 2. The van der Waals surface area contributed by atoms with E-state index in [1.807, 2.05) is 58.0 Å². The van der Waals surface area contributed by atoms with E-state index in [1.165, 1.54) is 0 Å². The lowest BCUT2D eigenvalue weighted by Crippen LogP contribution is -2.37. The van der Waals surface area contributed by atoms with Crippen LogP contribution >= 0.6 is 0 Å². The number of rotatable bonds is 6. The van der Waals surface area contributed by atoms with E-state index in [2.05, 4.69) is 5.32 Å². The molecule has 0 heterocycles. The number of nitrogens with one attached hydrogen (secondary N) is 1. The van der Waals surface area contributed by atoms with Crippen LogP contribution in [0.5, 0.6) is 0 Å². The summed E-state index contributed by atoms with van der Waals surface area (Å²) in [7, 11) is -3.59. The average Bonchev–Trinajstić information content (AvgIpc) is 2.54. The predicted molar refractivity (Wildman–Crippen MR) is 107 cm³/mol. The molecule has 0 atom stereocenters. The number of carbonyl (C=O) groups excluding carboxylic acids is 1. The number of sulfonamides is 1. The molecule has 6 heteroatoms. The zero-order valence-electron chi connectivity index (χ0n) is 15.9. The SMILES string of the molecule is Cc1ccc(N(CC(=O)Nc2ccccc2C(C)C)S(C)(=O)=O)cc1C. The van der Waals surface area contributed by atoms with Crippen molar-refractivity contribution in [3.8, 4) is 0 Å². The van der Waals surface area contributed by atoms with Gasteiger partial charge in [0.25, 0.3) is 0 Å². The van der Waals surface area contributed by atoms with Gasteiger partial charge in [-0.25, -0.2) is 8.42 Å². The van der Waals surface area contributed by atoms with E-state index in [4.69, 9.17) is 0 Å². The number of nitrogens with zero attached hydrogens (tertiary/aromatic N) is 1. The molecule has 0 fully saturated rings. The van der Waals surface area contributed by atoms with Crippen molar-refractivity contribution in [2.24, 2.45) is 0 Å². The number of para-hydroxylation sites is 1. The van der Waals surface area contributed by atoms with Crippen molar-refractivity contribution in [2.45, 2.75) is 33.6 Å². The molecule has 2 aromatic carbocycles. The minimum atomic E-state index is -3.59. The molecule has 0 saturated carbocycles. The van der Waals surface area contributed by atoms with E-state index in [-0.39, 0.29) is 18.4 Å². The van der Waals surface area contributed by atoms with E-state index in [0.29, 0.717) is 11.4 Å². The molecule has 2 rings (SSSR count). The van der Waals surface area contributed by atoms with Crippen molar-refractivity contribution in [1.29, 1.82) is 0 Å². The topological polar surface area (TPSA) is 66.5 Å². The Hall–Kier alpha value is -2.34. The van der Waals surface area contributed by atoms with Gasteiger partial charge in [-0.2, -0.15) is 0 Å². The van der Waals surface area contributed by atoms with Crippen LogP contribution in [0.4, 0.5) is 11.4 Å². The van der Waals surface area contributed by atoms with Crippen LogP contribution in [0.2, 0.25) is 0 Å². The summed E-state index contributed by atoms with van der Waals surface area (Å²) in [4.78, 5) is 12.6. The molecule has 0 aliphatic carbocycles. The quantitative estimate of drug-likeness (QED) is 0.835. The molecule has 1 amide bonds. The van der Waals surface area contributed by atoms with Crippen molar-refractivity contribution in [3.63, 3.8) is 0 Å². The molecule has 140 valence electrons. The summed E-state index contributed by atoms with van der Waals surface area (Å²) < 4.78 is 25.6. The van der Waals surface area contributed by atoms with Crippen LogP contribution in [0.3, 0.4) is 0 Å². The maximum absolute atomic E-state index is 12.6. The number of benzene rings is 2. The Kier molecular flexibility index (Phi) is 6.08. The summed E-state index contributed by atoms with van der Waals surface area (Å²) >= 11 is 0. The summed E-state index contributed by atoms with van der Waals surface area (Å²) in [5.74, 6) is -0.126. The summed E-state index contributed by atoms with van der Waals surface area (Å²) in [5.41, 5.74) is 4.25. The number of hydrogen-bond acceptors (Lipinski definition) is 3. The summed E-state index contributed by atoms with van der Waals surface area (Å²) in [6, 6.07) is 12.9. The van der Waals surface area contributed by atoms with Crippen LogP contribution in [0.15, 0.2) is 42.5 Å². The molecule has 0 saturated heterocycles. The lowest BCUT2D eigenvalue weighted by molar-refractivity contribution is -0.114. The van der Waals surface area contributed by atoms with Gasteiger partial charge in [-0.05, 0) is 54.7 Å². The molecular formula is C20H26N2O3S. The molecule has 0 bridgehead atoms. The monoisotopic (exact) mass is 374 g/mol. The third-order valence-electron chi connectivity index (χ3n) is 4.32. The Labute approximate surface area is 156 Å². The highest BCUT2D eigenvalue weighted by Crippen LogP contribution is 2.25. The molecule has 0 aliphatic heterocycles. The Balaban J connectivity index is 2.27. The van der Waals surface area contributed by atoms with Crippen LogP contribution in [0.25, 0.3) is 0 Å². The standard InChI is InChI=1S/C20H26N2O3S/c1-14(2)18-8-6-7-9-19(18)21-20(23)13-22(26(5,24)25)17-11-10-15(3)16(4)12-17/h6-12,14H,13H2,1-5H3,(H,21,23). The number of hydrogen-bond donors (Lipinski definition) is 1. The van der Waals surface area contributed by atoms with Gasteiger partial charge in [0.15, 0.2) is 0 Å². The summed E-state index contributed by atoms with van der Waals surface area (Å²) in [6.07, 6.45) is 1.11. The second kappa shape index (κ2) is 7.91. The third kappa shape index (κ3) is 4.85. The van der Waals surface area contributed by atoms with Crippen molar-refractivity contribution in [2.75, 3.05) is 22.4 Å². The first kappa shape index (κ1) is 20.0. The van der Waals surface area contributed by atoms with Gasteiger partial charge in [0.05, 0.1) is 11.9 Å². The first-order chi connectivity index (χ1) is 12.1. The van der Waals surface area contributed by atoms with Gasteiger partial charge >= 0.3 is 0 Å². The highest BCUT2D eigenvalue weighted by atomic mass is 32.2. The van der Waals surface area contributed by atoms with Crippen molar-refractivity contribution >= 4 is 27.3 Å². The van der Waals surface area contributed by atoms with E-state index in [0.717, 1.165) is 27.3 Å². The van der Waals surface area contributed by atoms with Crippen molar-refractivity contribution < 1.29 is 13.2 Å². The fourth-order valence-electron chi connectivity index (χ4n) is 2.72. The lowest BCUT2D eigenvalue weighted by atomic mass is 10.0. The fourth-order valence-corrected chi connectivity index (χ4v) is 3.56. The van der Waals surface area contributed by atoms with Crippen LogP contribution in [0.1, 0.15) is 36.5 Å². The smallest absolute Gasteiger partial charge is 0.245 e. The Morgan fingerprint density at radius 1 is 1.08 bits per heavy atom. The van der Waals surface area contributed by atoms with Gasteiger partial charge in [-0.1, -0.05) is 38.1 Å². The fraction of sp³-hybridized carbons (Fsp3) is 0.350. The van der Waals surface area contributed by atoms with E-state index < -0.39 is 10.0 Å².